The molecule has 0 heterocycles. The van der Waals surface area contributed by atoms with Crippen LogP contribution in [0.5, 0.6) is 17.2 Å². The van der Waals surface area contributed by atoms with Gasteiger partial charge in [-0.2, -0.15) is 0 Å². The monoisotopic (exact) mass is 307 g/mol. The first kappa shape index (κ1) is 15.5. The zero-order valence-electron chi connectivity index (χ0n) is 12.0. The minimum Gasteiger partial charge on any atom is -0.497 e. The summed E-state index contributed by atoms with van der Waals surface area (Å²) in [6.45, 7) is 0.345. The second kappa shape index (κ2) is 7.20. The van der Waals surface area contributed by atoms with Crippen LogP contribution in [0.15, 0.2) is 42.5 Å². The second-order valence-electron chi connectivity index (χ2n) is 4.52. The highest BCUT2D eigenvalue weighted by Gasteiger charge is 2.11. The van der Waals surface area contributed by atoms with E-state index in [0.29, 0.717) is 23.1 Å². The standard InChI is InChI=1S/C16H18ClNO3/c1-19-14-7-11(8-15(9-14)20-2)16(18)10-21-13-5-3-12(17)4-6-13/h3-9,16H,10,18H2,1-2H3. The highest BCUT2D eigenvalue weighted by atomic mass is 35.5. The zero-order valence-corrected chi connectivity index (χ0v) is 12.8. The number of halogens is 1. The quantitative estimate of drug-likeness (QED) is 0.888. The van der Waals surface area contributed by atoms with Gasteiger partial charge in [0.1, 0.15) is 23.9 Å². The number of hydrogen-bond donors (Lipinski definition) is 1. The molecule has 0 amide bonds. The summed E-state index contributed by atoms with van der Waals surface area (Å²) in [7, 11) is 3.21. The lowest BCUT2D eigenvalue weighted by atomic mass is 10.1. The number of rotatable bonds is 6. The third-order valence-electron chi connectivity index (χ3n) is 3.05. The van der Waals surface area contributed by atoms with Crippen molar-refractivity contribution < 1.29 is 14.2 Å². The Morgan fingerprint density at radius 3 is 2.05 bits per heavy atom. The third kappa shape index (κ3) is 4.28. The van der Waals surface area contributed by atoms with Crippen molar-refractivity contribution in [1.29, 1.82) is 0 Å². The molecule has 0 saturated carbocycles. The smallest absolute Gasteiger partial charge is 0.122 e. The van der Waals surface area contributed by atoms with E-state index in [1.165, 1.54) is 0 Å². The Balaban J connectivity index is 2.05. The van der Waals surface area contributed by atoms with Crippen LogP contribution < -0.4 is 19.9 Å². The summed E-state index contributed by atoms with van der Waals surface area (Å²) < 4.78 is 16.1. The molecule has 4 nitrogen and oxygen atoms in total. The summed E-state index contributed by atoms with van der Waals surface area (Å²) >= 11 is 5.83. The summed E-state index contributed by atoms with van der Waals surface area (Å²) in [5.74, 6) is 2.13. The third-order valence-corrected chi connectivity index (χ3v) is 3.30. The van der Waals surface area contributed by atoms with Crippen LogP contribution in [-0.2, 0) is 0 Å². The Morgan fingerprint density at radius 2 is 1.52 bits per heavy atom. The largest absolute Gasteiger partial charge is 0.497 e. The molecule has 5 heteroatoms. The van der Waals surface area contributed by atoms with Gasteiger partial charge in [-0.15, -0.1) is 0 Å². The Hall–Kier alpha value is -1.91. The van der Waals surface area contributed by atoms with Gasteiger partial charge in [-0.1, -0.05) is 11.6 Å². The molecule has 2 N–H and O–H groups in total. The van der Waals surface area contributed by atoms with Crippen molar-refractivity contribution >= 4 is 11.6 Å². The van der Waals surface area contributed by atoms with E-state index in [1.807, 2.05) is 12.1 Å². The number of nitrogens with two attached hydrogens (primary N) is 1. The Labute approximate surface area is 129 Å². The number of ether oxygens (including phenoxy) is 3. The maximum atomic E-state index is 6.16. The van der Waals surface area contributed by atoms with Gasteiger partial charge in [0.15, 0.2) is 0 Å². The van der Waals surface area contributed by atoms with E-state index in [0.717, 1.165) is 11.3 Å². The summed E-state index contributed by atoms with van der Waals surface area (Å²) in [4.78, 5) is 0. The maximum Gasteiger partial charge on any atom is 0.122 e. The zero-order chi connectivity index (χ0) is 15.2. The lowest BCUT2D eigenvalue weighted by molar-refractivity contribution is 0.290. The number of hydrogen-bond acceptors (Lipinski definition) is 4. The van der Waals surface area contributed by atoms with E-state index in [4.69, 9.17) is 31.5 Å². The fourth-order valence-corrected chi connectivity index (χ4v) is 1.98. The minimum absolute atomic E-state index is 0.287. The highest BCUT2D eigenvalue weighted by Crippen LogP contribution is 2.26. The van der Waals surface area contributed by atoms with Crippen LogP contribution in [0.3, 0.4) is 0 Å². The maximum absolute atomic E-state index is 6.16. The van der Waals surface area contributed by atoms with Crippen LogP contribution in [0, 0.1) is 0 Å². The molecule has 0 bridgehead atoms. The average molecular weight is 308 g/mol. The molecule has 2 aromatic rings. The molecule has 0 aliphatic carbocycles. The van der Waals surface area contributed by atoms with Crippen LogP contribution in [0.4, 0.5) is 0 Å². The van der Waals surface area contributed by atoms with Gasteiger partial charge in [-0.05, 0) is 42.0 Å². The lowest BCUT2D eigenvalue weighted by Gasteiger charge is -2.15. The molecule has 0 saturated heterocycles. The van der Waals surface area contributed by atoms with E-state index < -0.39 is 0 Å². The van der Waals surface area contributed by atoms with Gasteiger partial charge in [0, 0.05) is 11.1 Å². The molecule has 2 aromatic carbocycles. The van der Waals surface area contributed by atoms with E-state index in [9.17, 15) is 0 Å². The summed E-state index contributed by atoms with van der Waals surface area (Å²) in [5, 5.41) is 0.671. The first-order chi connectivity index (χ1) is 10.1. The van der Waals surface area contributed by atoms with Crippen molar-refractivity contribution in [2.24, 2.45) is 5.73 Å². The Bertz CT molecular complexity index is 564. The molecule has 1 unspecified atom stereocenters. The molecular formula is C16H18ClNO3. The van der Waals surface area contributed by atoms with E-state index in [-0.39, 0.29) is 6.04 Å². The van der Waals surface area contributed by atoms with Crippen molar-refractivity contribution in [3.8, 4) is 17.2 Å². The molecule has 0 aromatic heterocycles. The highest BCUT2D eigenvalue weighted by molar-refractivity contribution is 6.30. The van der Waals surface area contributed by atoms with Crippen molar-refractivity contribution in [2.45, 2.75) is 6.04 Å². The molecule has 0 spiro atoms. The normalized spacial score (nSPS) is 11.8. The summed E-state index contributed by atoms with van der Waals surface area (Å²) in [5.41, 5.74) is 7.05. The van der Waals surface area contributed by atoms with Gasteiger partial charge >= 0.3 is 0 Å². The van der Waals surface area contributed by atoms with Gasteiger partial charge in [-0.25, -0.2) is 0 Å². The van der Waals surface area contributed by atoms with Crippen molar-refractivity contribution in [2.75, 3.05) is 20.8 Å². The number of methoxy groups -OCH3 is 2. The molecule has 0 fully saturated rings. The molecule has 1 atom stereocenters. The fraction of sp³-hybridized carbons (Fsp3) is 0.250. The molecule has 0 aliphatic rings. The van der Waals surface area contributed by atoms with E-state index in [2.05, 4.69) is 0 Å². The molecule has 21 heavy (non-hydrogen) atoms. The number of benzene rings is 2. The Kier molecular flexibility index (Phi) is 5.31. The van der Waals surface area contributed by atoms with Crippen LogP contribution in [-0.4, -0.2) is 20.8 Å². The predicted molar refractivity (Wildman–Crippen MR) is 83.4 cm³/mol. The first-order valence-corrected chi connectivity index (χ1v) is 6.87. The fourth-order valence-electron chi connectivity index (χ4n) is 1.86. The van der Waals surface area contributed by atoms with Crippen LogP contribution in [0.1, 0.15) is 11.6 Å². The summed E-state index contributed by atoms with van der Waals surface area (Å²) in [6.07, 6.45) is 0. The molecule has 2 rings (SSSR count). The molecule has 112 valence electrons. The van der Waals surface area contributed by atoms with Crippen LogP contribution in [0.25, 0.3) is 0 Å². The summed E-state index contributed by atoms with van der Waals surface area (Å²) in [6, 6.07) is 12.4. The van der Waals surface area contributed by atoms with Crippen molar-refractivity contribution in [3.05, 3.63) is 53.1 Å². The van der Waals surface area contributed by atoms with Gasteiger partial charge in [-0.3, -0.25) is 0 Å². The van der Waals surface area contributed by atoms with Crippen LogP contribution in [0.2, 0.25) is 5.02 Å². The van der Waals surface area contributed by atoms with Gasteiger partial charge in [0.25, 0.3) is 0 Å². The van der Waals surface area contributed by atoms with Crippen LogP contribution >= 0.6 is 11.6 Å². The average Bonchev–Trinajstić information content (AvgIpc) is 2.53. The van der Waals surface area contributed by atoms with E-state index >= 15 is 0 Å². The van der Waals surface area contributed by atoms with Crippen molar-refractivity contribution in [3.63, 3.8) is 0 Å². The van der Waals surface area contributed by atoms with Gasteiger partial charge < -0.3 is 19.9 Å². The SMILES string of the molecule is COc1cc(OC)cc(C(N)COc2ccc(Cl)cc2)c1. The molecule has 0 radical (unpaired) electrons. The van der Waals surface area contributed by atoms with Gasteiger partial charge in [0.2, 0.25) is 0 Å². The van der Waals surface area contributed by atoms with E-state index in [1.54, 1.807) is 44.6 Å². The first-order valence-electron chi connectivity index (χ1n) is 6.49. The lowest BCUT2D eigenvalue weighted by Crippen LogP contribution is -2.19. The van der Waals surface area contributed by atoms with Gasteiger partial charge in [0.05, 0.1) is 20.3 Å². The van der Waals surface area contributed by atoms with Crippen molar-refractivity contribution in [1.82, 2.24) is 0 Å². The molecule has 0 aliphatic heterocycles. The topological polar surface area (TPSA) is 53.7 Å². The second-order valence-corrected chi connectivity index (χ2v) is 4.95. The molecular weight excluding hydrogens is 290 g/mol. The Morgan fingerprint density at radius 1 is 0.952 bits per heavy atom. The predicted octanol–water partition coefficient (Wildman–Crippen LogP) is 3.44. The minimum atomic E-state index is -0.287.